The molecule has 0 aliphatic heterocycles. The van der Waals surface area contributed by atoms with Gasteiger partial charge in [0, 0.05) is 16.3 Å². The lowest BCUT2D eigenvalue weighted by Gasteiger charge is -2.12. The number of benzene rings is 1. The number of hydrogen-bond acceptors (Lipinski definition) is 3. The summed E-state index contributed by atoms with van der Waals surface area (Å²) in [5, 5.41) is 0. The Morgan fingerprint density at radius 1 is 1.44 bits per heavy atom. The molecule has 1 aromatic rings. The van der Waals surface area contributed by atoms with Crippen molar-refractivity contribution in [2.75, 3.05) is 6.26 Å². The SMILES string of the molecule is CS(=O)(=O)c1ccc(Br)cc1CC1(N)CC1. The van der Waals surface area contributed by atoms with Gasteiger partial charge >= 0.3 is 0 Å². The number of nitrogens with two attached hydrogens (primary N) is 1. The summed E-state index contributed by atoms with van der Waals surface area (Å²) in [6.45, 7) is 0. The minimum absolute atomic E-state index is 0.180. The summed E-state index contributed by atoms with van der Waals surface area (Å²) in [4.78, 5) is 0.396. The molecule has 1 aromatic carbocycles. The fourth-order valence-electron chi connectivity index (χ4n) is 1.76. The van der Waals surface area contributed by atoms with Crippen molar-refractivity contribution >= 4 is 25.8 Å². The first-order chi connectivity index (χ1) is 7.30. The van der Waals surface area contributed by atoms with Gasteiger partial charge in [-0.3, -0.25) is 0 Å². The highest BCUT2D eigenvalue weighted by atomic mass is 79.9. The lowest BCUT2D eigenvalue weighted by Crippen LogP contribution is -2.25. The van der Waals surface area contributed by atoms with Crippen molar-refractivity contribution in [1.82, 2.24) is 0 Å². The Bertz CT molecular complexity index is 521. The lowest BCUT2D eigenvalue weighted by atomic mass is 10.1. The summed E-state index contributed by atoms with van der Waals surface area (Å²) >= 11 is 3.36. The summed E-state index contributed by atoms with van der Waals surface area (Å²) in [5.41, 5.74) is 6.67. The average molecular weight is 304 g/mol. The molecule has 0 saturated heterocycles. The summed E-state index contributed by atoms with van der Waals surface area (Å²) in [6.07, 6.45) is 3.82. The first-order valence-electron chi connectivity index (χ1n) is 5.08. The summed E-state index contributed by atoms with van der Waals surface area (Å²) in [6, 6.07) is 5.24. The number of sulfone groups is 1. The van der Waals surface area contributed by atoms with Crippen molar-refractivity contribution in [3.63, 3.8) is 0 Å². The fourth-order valence-corrected chi connectivity index (χ4v) is 3.10. The van der Waals surface area contributed by atoms with Gasteiger partial charge in [0.2, 0.25) is 0 Å². The van der Waals surface area contributed by atoms with Crippen molar-refractivity contribution in [2.24, 2.45) is 5.73 Å². The Balaban J connectivity index is 2.44. The molecule has 0 amide bonds. The molecular formula is C11H14BrNO2S. The maximum Gasteiger partial charge on any atom is 0.175 e. The quantitative estimate of drug-likeness (QED) is 0.927. The molecule has 3 nitrogen and oxygen atoms in total. The molecule has 88 valence electrons. The Morgan fingerprint density at radius 2 is 2.06 bits per heavy atom. The van der Waals surface area contributed by atoms with Crippen LogP contribution in [0.4, 0.5) is 0 Å². The van der Waals surface area contributed by atoms with Crippen molar-refractivity contribution in [2.45, 2.75) is 29.7 Å². The Hall–Kier alpha value is -0.390. The van der Waals surface area contributed by atoms with Gasteiger partial charge in [-0.15, -0.1) is 0 Å². The van der Waals surface area contributed by atoms with E-state index in [9.17, 15) is 8.42 Å². The molecule has 1 aliphatic rings. The van der Waals surface area contributed by atoms with Gasteiger partial charge in [-0.05, 0) is 43.0 Å². The van der Waals surface area contributed by atoms with E-state index in [1.165, 1.54) is 6.26 Å². The summed E-state index contributed by atoms with van der Waals surface area (Å²) in [7, 11) is -3.17. The third-order valence-corrected chi connectivity index (χ3v) is 4.55. The fraction of sp³-hybridized carbons (Fsp3) is 0.455. The first-order valence-corrected chi connectivity index (χ1v) is 7.76. The molecular weight excluding hydrogens is 290 g/mol. The van der Waals surface area contributed by atoms with Crippen LogP contribution in [0.25, 0.3) is 0 Å². The molecule has 0 spiro atoms. The van der Waals surface area contributed by atoms with Crippen LogP contribution in [0.3, 0.4) is 0 Å². The third-order valence-electron chi connectivity index (χ3n) is 2.86. The molecule has 0 atom stereocenters. The molecule has 0 aromatic heterocycles. The predicted molar refractivity (Wildman–Crippen MR) is 67.1 cm³/mol. The van der Waals surface area contributed by atoms with Gasteiger partial charge in [0.05, 0.1) is 4.90 Å². The van der Waals surface area contributed by atoms with E-state index in [0.717, 1.165) is 22.9 Å². The van der Waals surface area contributed by atoms with Crippen LogP contribution >= 0.6 is 15.9 Å². The Labute approximate surface area is 104 Å². The second-order valence-electron chi connectivity index (χ2n) is 4.56. The maximum absolute atomic E-state index is 11.6. The van der Waals surface area contributed by atoms with Crippen LogP contribution in [-0.4, -0.2) is 20.2 Å². The van der Waals surface area contributed by atoms with Crippen molar-refractivity contribution in [3.8, 4) is 0 Å². The smallest absolute Gasteiger partial charge is 0.175 e. The average Bonchev–Trinajstić information content (AvgIpc) is 2.80. The van der Waals surface area contributed by atoms with Gasteiger partial charge in [0.15, 0.2) is 9.84 Å². The maximum atomic E-state index is 11.6. The van der Waals surface area contributed by atoms with Crippen LogP contribution in [0.5, 0.6) is 0 Å². The lowest BCUT2D eigenvalue weighted by molar-refractivity contribution is 0.598. The minimum atomic E-state index is -3.17. The molecule has 0 heterocycles. The van der Waals surface area contributed by atoms with E-state index in [0.29, 0.717) is 11.3 Å². The van der Waals surface area contributed by atoms with E-state index >= 15 is 0 Å². The Kier molecular flexibility index (Phi) is 2.88. The van der Waals surface area contributed by atoms with Crippen LogP contribution in [0, 0.1) is 0 Å². The van der Waals surface area contributed by atoms with E-state index in [2.05, 4.69) is 15.9 Å². The normalized spacial score (nSPS) is 18.4. The molecule has 1 aliphatic carbocycles. The highest BCUT2D eigenvalue weighted by molar-refractivity contribution is 9.10. The Morgan fingerprint density at radius 3 is 2.56 bits per heavy atom. The molecule has 5 heteroatoms. The highest BCUT2D eigenvalue weighted by Gasteiger charge is 2.39. The monoisotopic (exact) mass is 303 g/mol. The van der Waals surface area contributed by atoms with Crippen LogP contribution < -0.4 is 5.73 Å². The van der Waals surface area contributed by atoms with Crippen LogP contribution in [0.15, 0.2) is 27.6 Å². The summed E-state index contributed by atoms with van der Waals surface area (Å²) in [5.74, 6) is 0. The second-order valence-corrected chi connectivity index (χ2v) is 7.46. The van der Waals surface area contributed by atoms with E-state index in [1.54, 1.807) is 12.1 Å². The van der Waals surface area contributed by atoms with E-state index < -0.39 is 9.84 Å². The second kappa shape index (κ2) is 3.82. The van der Waals surface area contributed by atoms with E-state index in [1.807, 2.05) is 6.07 Å². The third kappa shape index (κ3) is 2.64. The van der Waals surface area contributed by atoms with Gasteiger partial charge in [-0.1, -0.05) is 15.9 Å². The molecule has 0 bridgehead atoms. The van der Waals surface area contributed by atoms with Crippen LogP contribution in [0.2, 0.25) is 0 Å². The summed E-state index contributed by atoms with van der Waals surface area (Å²) < 4.78 is 24.1. The number of hydrogen-bond donors (Lipinski definition) is 1. The van der Waals surface area contributed by atoms with Crippen molar-refractivity contribution < 1.29 is 8.42 Å². The molecule has 2 rings (SSSR count). The predicted octanol–water partition coefficient (Wildman–Crippen LogP) is 1.89. The minimum Gasteiger partial charge on any atom is -0.325 e. The van der Waals surface area contributed by atoms with Gasteiger partial charge in [-0.25, -0.2) is 8.42 Å². The number of rotatable bonds is 3. The van der Waals surface area contributed by atoms with E-state index in [4.69, 9.17) is 5.73 Å². The largest absolute Gasteiger partial charge is 0.325 e. The van der Waals surface area contributed by atoms with Crippen LogP contribution in [0.1, 0.15) is 18.4 Å². The molecule has 1 saturated carbocycles. The van der Waals surface area contributed by atoms with Crippen molar-refractivity contribution in [1.29, 1.82) is 0 Å². The van der Waals surface area contributed by atoms with E-state index in [-0.39, 0.29) is 5.54 Å². The molecule has 2 N–H and O–H groups in total. The van der Waals surface area contributed by atoms with Crippen LogP contribution in [-0.2, 0) is 16.3 Å². The van der Waals surface area contributed by atoms with Crippen molar-refractivity contribution in [3.05, 3.63) is 28.2 Å². The number of halogens is 1. The zero-order valence-corrected chi connectivity index (χ0v) is 11.4. The van der Waals surface area contributed by atoms with Gasteiger partial charge < -0.3 is 5.73 Å². The van der Waals surface area contributed by atoms with Gasteiger partial charge in [-0.2, -0.15) is 0 Å². The molecule has 0 unspecified atom stereocenters. The van der Waals surface area contributed by atoms with Gasteiger partial charge in [0.1, 0.15) is 0 Å². The zero-order chi connectivity index (χ0) is 12.0. The topological polar surface area (TPSA) is 60.2 Å². The molecule has 16 heavy (non-hydrogen) atoms. The zero-order valence-electron chi connectivity index (χ0n) is 9.03. The standard InChI is InChI=1S/C11H14BrNO2S/c1-16(14,15)10-3-2-9(12)6-8(10)7-11(13)4-5-11/h2-3,6H,4-5,7,13H2,1H3. The van der Waals surface area contributed by atoms with Gasteiger partial charge in [0.25, 0.3) is 0 Å². The molecule has 0 radical (unpaired) electrons. The first kappa shape index (κ1) is 12.1. The highest BCUT2D eigenvalue weighted by Crippen LogP contribution is 2.37. The molecule has 1 fully saturated rings.